The highest BCUT2D eigenvalue weighted by Gasteiger charge is 2.40. The van der Waals surface area contributed by atoms with Gasteiger partial charge in [0.15, 0.2) is 0 Å². The van der Waals surface area contributed by atoms with Crippen LogP contribution in [0.1, 0.15) is 18.9 Å². The molecule has 1 aliphatic heterocycles. The molecule has 3 nitrogen and oxygen atoms in total. The molecule has 0 spiro atoms. The van der Waals surface area contributed by atoms with Crippen molar-refractivity contribution >= 4 is 21.6 Å². The lowest BCUT2D eigenvalue weighted by Crippen LogP contribution is -2.61. The summed E-state index contributed by atoms with van der Waals surface area (Å²) in [5.41, 5.74) is 0.978. The predicted molar refractivity (Wildman–Crippen MR) is 66.3 cm³/mol. The summed E-state index contributed by atoms with van der Waals surface area (Å²) in [5.74, 6) is 0. The van der Waals surface area contributed by atoms with E-state index in [9.17, 15) is 5.11 Å². The zero-order valence-corrected chi connectivity index (χ0v) is 10.7. The standard InChI is InChI=1S/C12H13BrN2O/c1-2-12(16)7-15(8-12)11-5-10(13)4-3-9(11)6-14/h3-5,16H,2,7-8H2,1H3. The Morgan fingerprint density at radius 2 is 2.25 bits per heavy atom. The average Bonchev–Trinajstić information content (AvgIpc) is 2.24. The summed E-state index contributed by atoms with van der Waals surface area (Å²) in [4.78, 5) is 2.03. The Kier molecular flexibility index (Phi) is 2.92. The zero-order valence-electron chi connectivity index (χ0n) is 9.07. The van der Waals surface area contributed by atoms with Crippen LogP contribution in [-0.2, 0) is 0 Å². The first kappa shape index (κ1) is 11.4. The van der Waals surface area contributed by atoms with Crippen LogP contribution in [0.4, 0.5) is 5.69 Å². The molecule has 0 aliphatic carbocycles. The van der Waals surface area contributed by atoms with E-state index in [1.807, 2.05) is 24.0 Å². The van der Waals surface area contributed by atoms with Crippen molar-refractivity contribution in [3.8, 4) is 6.07 Å². The van der Waals surface area contributed by atoms with Crippen molar-refractivity contribution in [1.29, 1.82) is 5.26 Å². The van der Waals surface area contributed by atoms with Gasteiger partial charge in [-0.05, 0) is 24.6 Å². The first-order valence-electron chi connectivity index (χ1n) is 5.25. The van der Waals surface area contributed by atoms with E-state index in [1.165, 1.54) is 0 Å². The lowest BCUT2D eigenvalue weighted by atomic mass is 9.90. The Bertz CT molecular complexity index is 447. The lowest BCUT2D eigenvalue weighted by Gasteiger charge is -2.47. The quantitative estimate of drug-likeness (QED) is 0.904. The van der Waals surface area contributed by atoms with Crippen molar-refractivity contribution < 1.29 is 5.11 Å². The summed E-state index contributed by atoms with van der Waals surface area (Å²) in [5, 5.41) is 19.0. The van der Waals surface area contributed by atoms with Crippen LogP contribution in [0, 0.1) is 11.3 Å². The van der Waals surface area contributed by atoms with Crippen LogP contribution in [0.3, 0.4) is 0 Å². The van der Waals surface area contributed by atoms with Crippen molar-refractivity contribution in [3.63, 3.8) is 0 Å². The fraction of sp³-hybridized carbons (Fsp3) is 0.417. The maximum atomic E-state index is 9.95. The Labute approximate surface area is 103 Å². The van der Waals surface area contributed by atoms with Gasteiger partial charge in [0.1, 0.15) is 6.07 Å². The van der Waals surface area contributed by atoms with E-state index in [0.29, 0.717) is 18.7 Å². The van der Waals surface area contributed by atoms with Gasteiger partial charge in [0.25, 0.3) is 0 Å². The molecule has 1 aromatic carbocycles. The van der Waals surface area contributed by atoms with E-state index >= 15 is 0 Å². The number of anilines is 1. The molecule has 84 valence electrons. The second kappa shape index (κ2) is 4.08. The van der Waals surface area contributed by atoms with Gasteiger partial charge in [0.2, 0.25) is 0 Å². The summed E-state index contributed by atoms with van der Waals surface area (Å²) in [6.07, 6.45) is 0.749. The van der Waals surface area contributed by atoms with E-state index in [0.717, 1.165) is 16.6 Å². The fourth-order valence-electron chi connectivity index (χ4n) is 1.92. The molecule has 1 N–H and O–H groups in total. The highest BCUT2D eigenvalue weighted by molar-refractivity contribution is 9.10. The number of hydrogen-bond acceptors (Lipinski definition) is 3. The van der Waals surface area contributed by atoms with Crippen LogP contribution >= 0.6 is 15.9 Å². The van der Waals surface area contributed by atoms with Crippen LogP contribution in [0.15, 0.2) is 22.7 Å². The van der Waals surface area contributed by atoms with Crippen molar-refractivity contribution in [2.45, 2.75) is 18.9 Å². The van der Waals surface area contributed by atoms with Crippen LogP contribution in [0.25, 0.3) is 0 Å². The SMILES string of the molecule is CCC1(O)CN(c2cc(Br)ccc2C#N)C1. The molecule has 1 aromatic rings. The summed E-state index contributed by atoms with van der Waals surface area (Å²) in [7, 11) is 0. The number of nitrogens with zero attached hydrogens (tertiary/aromatic N) is 2. The van der Waals surface area contributed by atoms with Gasteiger partial charge in [0.05, 0.1) is 16.9 Å². The van der Waals surface area contributed by atoms with Crippen molar-refractivity contribution in [1.82, 2.24) is 0 Å². The number of nitriles is 1. The molecular formula is C12H13BrN2O. The van der Waals surface area contributed by atoms with Gasteiger partial charge >= 0.3 is 0 Å². The highest BCUT2D eigenvalue weighted by Crippen LogP contribution is 2.33. The molecule has 1 saturated heterocycles. The van der Waals surface area contributed by atoms with Crippen LogP contribution < -0.4 is 4.90 Å². The Morgan fingerprint density at radius 1 is 1.56 bits per heavy atom. The van der Waals surface area contributed by atoms with Gasteiger partial charge in [0, 0.05) is 17.6 Å². The predicted octanol–water partition coefficient (Wildman–Crippen LogP) is 2.28. The van der Waals surface area contributed by atoms with E-state index in [1.54, 1.807) is 6.07 Å². The minimum atomic E-state index is -0.574. The number of hydrogen-bond donors (Lipinski definition) is 1. The molecule has 0 saturated carbocycles. The largest absolute Gasteiger partial charge is 0.386 e. The monoisotopic (exact) mass is 280 g/mol. The molecule has 0 radical (unpaired) electrons. The maximum absolute atomic E-state index is 9.95. The second-order valence-corrected chi connectivity index (χ2v) is 5.12. The first-order chi connectivity index (χ1) is 7.58. The molecule has 1 heterocycles. The maximum Gasteiger partial charge on any atom is 0.101 e. The average molecular weight is 281 g/mol. The number of halogens is 1. The summed E-state index contributed by atoms with van der Waals surface area (Å²) >= 11 is 3.39. The zero-order chi connectivity index (χ0) is 11.8. The number of benzene rings is 1. The molecule has 16 heavy (non-hydrogen) atoms. The van der Waals surface area contributed by atoms with E-state index < -0.39 is 5.60 Å². The number of β-amino-alcohol motifs (C(OH)–C–C–N with tert-alkyl or cyclic N) is 1. The molecule has 1 fully saturated rings. The molecular weight excluding hydrogens is 268 g/mol. The molecule has 4 heteroatoms. The summed E-state index contributed by atoms with van der Waals surface area (Å²) < 4.78 is 0.952. The van der Waals surface area contributed by atoms with Crippen molar-refractivity contribution in [2.75, 3.05) is 18.0 Å². The molecule has 0 bridgehead atoms. The van der Waals surface area contributed by atoms with Crippen LogP contribution in [0.2, 0.25) is 0 Å². The third-order valence-corrected chi connectivity index (χ3v) is 3.54. The van der Waals surface area contributed by atoms with Crippen LogP contribution in [0.5, 0.6) is 0 Å². The third kappa shape index (κ3) is 1.93. The topological polar surface area (TPSA) is 47.3 Å². The highest BCUT2D eigenvalue weighted by atomic mass is 79.9. The molecule has 0 aromatic heterocycles. The lowest BCUT2D eigenvalue weighted by molar-refractivity contribution is 0.00850. The summed E-state index contributed by atoms with van der Waals surface area (Å²) in [6, 6.07) is 7.75. The van der Waals surface area contributed by atoms with Gasteiger partial charge in [-0.1, -0.05) is 22.9 Å². The molecule has 0 atom stereocenters. The van der Waals surface area contributed by atoms with E-state index in [2.05, 4.69) is 22.0 Å². The van der Waals surface area contributed by atoms with E-state index in [-0.39, 0.29) is 0 Å². The van der Waals surface area contributed by atoms with Crippen molar-refractivity contribution in [3.05, 3.63) is 28.2 Å². The third-order valence-electron chi connectivity index (χ3n) is 3.05. The molecule has 2 rings (SSSR count). The second-order valence-electron chi connectivity index (χ2n) is 4.21. The molecule has 0 unspecified atom stereocenters. The Hall–Kier alpha value is -1.05. The first-order valence-corrected chi connectivity index (χ1v) is 6.04. The van der Waals surface area contributed by atoms with Gasteiger partial charge in [-0.15, -0.1) is 0 Å². The van der Waals surface area contributed by atoms with E-state index in [4.69, 9.17) is 5.26 Å². The molecule has 1 aliphatic rings. The van der Waals surface area contributed by atoms with Gasteiger partial charge < -0.3 is 10.0 Å². The normalized spacial score (nSPS) is 17.8. The minimum Gasteiger partial charge on any atom is -0.386 e. The van der Waals surface area contributed by atoms with Crippen molar-refractivity contribution in [2.24, 2.45) is 0 Å². The van der Waals surface area contributed by atoms with Gasteiger partial charge in [-0.3, -0.25) is 0 Å². The number of aliphatic hydroxyl groups is 1. The minimum absolute atomic E-state index is 0.574. The fourth-order valence-corrected chi connectivity index (χ4v) is 2.27. The Morgan fingerprint density at radius 3 is 2.81 bits per heavy atom. The Balaban J connectivity index is 2.23. The van der Waals surface area contributed by atoms with Crippen LogP contribution in [-0.4, -0.2) is 23.8 Å². The number of rotatable bonds is 2. The van der Waals surface area contributed by atoms with Gasteiger partial charge in [-0.25, -0.2) is 0 Å². The van der Waals surface area contributed by atoms with Gasteiger partial charge in [-0.2, -0.15) is 5.26 Å². The smallest absolute Gasteiger partial charge is 0.101 e. The molecule has 0 amide bonds. The summed E-state index contributed by atoms with van der Waals surface area (Å²) in [6.45, 7) is 3.19.